The Hall–Kier alpha value is -0.120. The van der Waals surface area contributed by atoms with Gasteiger partial charge in [0.25, 0.3) is 0 Å². The standard InChI is InChI=1S/C10H25N3/c1-4-9(11)7-13(6-3)8-10(12)5-2/h9-10H,4-8,11-12H2,1-3H3. The SMILES string of the molecule is CCC(N)CN(CC)CC(N)CC. The summed E-state index contributed by atoms with van der Waals surface area (Å²) in [6, 6.07) is 0.591. The summed E-state index contributed by atoms with van der Waals surface area (Å²) in [6.45, 7) is 9.39. The molecular weight excluding hydrogens is 162 g/mol. The predicted molar refractivity (Wildman–Crippen MR) is 58.6 cm³/mol. The van der Waals surface area contributed by atoms with Crippen molar-refractivity contribution in [3.05, 3.63) is 0 Å². The van der Waals surface area contributed by atoms with Crippen molar-refractivity contribution in [1.29, 1.82) is 0 Å². The zero-order chi connectivity index (χ0) is 10.3. The van der Waals surface area contributed by atoms with Crippen molar-refractivity contribution in [2.45, 2.75) is 45.7 Å². The number of hydrogen-bond donors (Lipinski definition) is 2. The van der Waals surface area contributed by atoms with Crippen molar-refractivity contribution in [3.63, 3.8) is 0 Å². The van der Waals surface area contributed by atoms with E-state index in [4.69, 9.17) is 11.5 Å². The van der Waals surface area contributed by atoms with Gasteiger partial charge in [0, 0.05) is 25.2 Å². The van der Waals surface area contributed by atoms with Crippen LogP contribution in [0.5, 0.6) is 0 Å². The third-order valence-electron chi connectivity index (χ3n) is 2.48. The van der Waals surface area contributed by atoms with Gasteiger partial charge in [-0.25, -0.2) is 0 Å². The van der Waals surface area contributed by atoms with Crippen LogP contribution in [0.2, 0.25) is 0 Å². The maximum Gasteiger partial charge on any atom is 0.0165 e. The smallest absolute Gasteiger partial charge is 0.0165 e. The van der Waals surface area contributed by atoms with E-state index in [0.717, 1.165) is 32.5 Å². The molecule has 0 saturated heterocycles. The average molecular weight is 187 g/mol. The van der Waals surface area contributed by atoms with Crippen molar-refractivity contribution in [3.8, 4) is 0 Å². The van der Waals surface area contributed by atoms with Crippen molar-refractivity contribution in [1.82, 2.24) is 4.90 Å². The lowest BCUT2D eigenvalue weighted by Gasteiger charge is -2.26. The van der Waals surface area contributed by atoms with Crippen molar-refractivity contribution in [2.24, 2.45) is 11.5 Å². The average Bonchev–Trinajstić information content (AvgIpc) is 2.16. The molecule has 0 aliphatic heterocycles. The first kappa shape index (κ1) is 12.9. The minimum atomic E-state index is 0.295. The van der Waals surface area contributed by atoms with Crippen LogP contribution in [-0.2, 0) is 0 Å². The number of nitrogens with zero attached hydrogens (tertiary/aromatic N) is 1. The maximum absolute atomic E-state index is 5.88. The fourth-order valence-corrected chi connectivity index (χ4v) is 1.25. The maximum atomic E-state index is 5.88. The summed E-state index contributed by atoms with van der Waals surface area (Å²) in [7, 11) is 0. The Labute approximate surface area is 82.5 Å². The Balaban J connectivity index is 3.74. The molecule has 0 aromatic carbocycles. The van der Waals surface area contributed by atoms with Gasteiger partial charge in [-0.3, -0.25) is 0 Å². The zero-order valence-electron chi connectivity index (χ0n) is 9.29. The quantitative estimate of drug-likeness (QED) is 0.619. The van der Waals surface area contributed by atoms with Crippen LogP contribution in [-0.4, -0.2) is 36.6 Å². The monoisotopic (exact) mass is 187 g/mol. The molecule has 0 spiro atoms. The van der Waals surface area contributed by atoms with Gasteiger partial charge in [0.05, 0.1) is 0 Å². The molecule has 0 rings (SSSR count). The van der Waals surface area contributed by atoms with Crippen molar-refractivity contribution < 1.29 is 0 Å². The van der Waals surface area contributed by atoms with E-state index in [2.05, 4.69) is 25.7 Å². The van der Waals surface area contributed by atoms with Gasteiger partial charge in [0.15, 0.2) is 0 Å². The molecule has 3 heteroatoms. The fourth-order valence-electron chi connectivity index (χ4n) is 1.25. The van der Waals surface area contributed by atoms with Crippen LogP contribution in [0.15, 0.2) is 0 Å². The highest BCUT2D eigenvalue weighted by molar-refractivity contribution is 4.70. The van der Waals surface area contributed by atoms with E-state index in [1.165, 1.54) is 0 Å². The van der Waals surface area contributed by atoms with Crippen LogP contribution in [0.25, 0.3) is 0 Å². The van der Waals surface area contributed by atoms with Crippen LogP contribution in [0, 0.1) is 0 Å². The molecular formula is C10H25N3. The molecule has 13 heavy (non-hydrogen) atoms. The first-order valence-electron chi connectivity index (χ1n) is 5.37. The molecule has 80 valence electrons. The molecule has 3 nitrogen and oxygen atoms in total. The third kappa shape index (κ3) is 6.02. The van der Waals surface area contributed by atoms with Crippen molar-refractivity contribution in [2.75, 3.05) is 19.6 Å². The summed E-state index contributed by atoms with van der Waals surface area (Å²) < 4.78 is 0. The normalized spacial score (nSPS) is 16.2. The molecule has 0 heterocycles. The number of nitrogens with two attached hydrogens (primary N) is 2. The van der Waals surface area contributed by atoms with E-state index in [1.807, 2.05) is 0 Å². The van der Waals surface area contributed by atoms with Crippen LogP contribution in [0.3, 0.4) is 0 Å². The second-order valence-electron chi connectivity index (χ2n) is 3.69. The van der Waals surface area contributed by atoms with E-state index in [1.54, 1.807) is 0 Å². The van der Waals surface area contributed by atoms with Gasteiger partial charge < -0.3 is 16.4 Å². The molecule has 0 fully saturated rings. The Bertz CT molecular complexity index is 105. The molecule has 0 saturated carbocycles. The number of likely N-dealkylation sites (N-methyl/N-ethyl adjacent to an activating group) is 1. The Morgan fingerprint density at radius 1 is 0.923 bits per heavy atom. The van der Waals surface area contributed by atoms with E-state index >= 15 is 0 Å². The van der Waals surface area contributed by atoms with Gasteiger partial charge in [0.2, 0.25) is 0 Å². The van der Waals surface area contributed by atoms with Crippen molar-refractivity contribution >= 4 is 0 Å². The van der Waals surface area contributed by atoms with Crippen LogP contribution < -0.4 is 11.5 Å². The van der Waals surface area contributed by atoms with Gasteiger partial charge >= 0.3 is 0 Å². The van der Waals surface area contributed by atoms with Crippen LogP contribution in [0.4, 0.5) is 0 Å². The second kappa shape index (κ2) is 7.30. The summed E-state index contributed by atoms with van der Waals surface area (Å²) >= 11 is 0. The minimum Gasteiger partial charge on any atom is -0.327 e. The van der Waals surface area contributed by atoms with Gasteiger partial charge in [-0.15, -0.1) is 0 Å². The molecule has 0 aliphatic rings. The number of hydrogen-bond acceptors (Lipinski definition) is 3. The molecule has 0 amide bonds. The summed E-state index contributed by atoms with van der Waals surface area (Å²) in [6.07, 6.45) is 2.08. The minimum absolute atomic E-state index is 0.295. The lowest BCUT2D eigenvalue weighted by Crippen LogP contribution is -2.43. The molecule has 0 bridgehead atoms. The lowest BCUT2D eigenvalue weighted by atomic mass is 10.2. The van der Waals surface area contributed by atoms with E-state index in [-0.39, 0.29) is 0 Å². The lowest BCUT2D eigenvalue weighted by molar-refractivity contribution is 0.249. The molecule has 2 atom stereocenters. The highest BCUT2D eigenvalue weighted by atomic mass is 15.1. The summed E-state index contributed by atoms with van der Waals surface area (Å²) in [5.41, 5.74) is 11.8. The summed E-state index contributed by atoms with van der Waals surface area (Å²) in [4.78, 5) is 2.34. The number of rotatable bonds is 7. The predicted octanol–water partition coefficient (Wildman–Crippen LogP) is 0.783. The first-order valence-corrected chi connectivity index (χ1v) is 5.37. The van der Waals surface area contributed by atoms with Gasteiger partial charge in [-0.2, -0.15) is 0 Å². The van der Waals surface area contributed by atoms with Crippen LogP contribution >= 0.6 is 0 Å². The Kier molecular flexibility index (Phi) is 7.23. The highest BCUT2D eigenvalue weighted by Crippen LogP contribution is 1.97. The summed E-state index contributed by atoms with van der Waals surface area (Å²) in [5, 5.41) is 0. The molecule has 2 unspecified atom stereocenters. The molecule has 4 N–H and O–H groups in total. The first-order chi connectivity index (χ1) is 6.13. The third-order valence-corrected chi connectivity index (χ3v) is 2.48. The largest absolute Gasteiger partial charge is 0.327 e. The van der Waals surface area contributed by atoms with Crippen LogP contribution in [0.1, 0.15) is 33.6 Å². The topological polar surface area (TPSA) is 55.3 Å². The molecule has 0 aliphatic carbocycles. The summed E-state index contributed by atoms with van der Waals surface area (Å²) in [5.74, 6) is 0. The molecule has 0 radical (unpaired) electrons. The zero-order valence-corrected chi connectivity index (χ0v) is 9.29. The fraction of sp³-hybridized carbons (Fsp3) is 1.00. The van der Waals surface area contributed by atoms with E-state index in [0.29, 0.717) is 12.1 Å². The van der Waals surface area contributed by atoms with E-state index in [9.17, 15) is 0 Å². The van der Waals surface area contributed by atoms with Gasteiger partial charge in [-0.05, 0) is 19.4 Å². The van der Waals surface area contributed by atoms with Gasteiger partial charge in [-0.1, -0.05) is 20.8 Å². The Morgan fingerprint density at radius 2 is 1.31 bits per heavy atom. The highest BCUT2D eigenvalue weighted by Gasteiger charge is 2.10. The van der Waals surface area contributed by atoms with Gasteiger partial charge in [0.1, 0.15) is 0 Å². The van der Waals surface area contributed by atoms with E-state index < -0.39 is 0 Å². The Morgan fingerprint density at radius 3 is 1.54 bits per heavy atom. The molecule has 0 aromatic rings. The molecule has 0 aromatic heterocycles. The second-order valence-corrected chi connectivity index (χ2v) is 3.69.